The first kappa shape index (κ1) is 12.5. The molecular formula is C12H14N2O4. The van der Waals surface area contributed by atoms with Gasteiger partial charge in [-0.15, -0.1) is 0 Å². The summed E-state index contributed by atoms with van der Waals surface area (Å²) >= 11 is 0. The van der Waals surface area contributed by atoms with Crippen molar-refractivity contribution in [3.63, 3.8) is 0 Å². The predicted octanol–water partition coefficient (Wildman–Crippen LogP) is 1.29. The van der Waals surface area contributed by atoms with Crippen molar-refractivity contribution in [2.75, 3.05) is 11.9 Å². The van der Waals surface area contributed by atoms with Crippen molar-refractivity contribution in [2.45, 2.75) is 25.4 Å². The van der Waals surface area contributed by atoms with Gasteiger partial charge in [0.25, 0.3) is 5.91 Å². The highest BCUT2D eigenvalue weighted by Gasteiger charge is 2.37. The van der Waals surface area contributed by atoms with E-state index >= 15 is 0 Å². The van der Waals surface area contributed by atoms with Crippen molar-refractivity contribution in [1.82, 2.24) is 4.98 Å². The van der Waals surface area contributed by atoms with Crippen LogP contribution in [0.5, 0.6) is 0 Å². The molecule has 18 heavy (non-hydrogen) atoms. The van der Waals surface area contributed by atoms with Crippen molar-refractivity contribution in [3.05, 3.63) is 23.9 Å². The first-order valence-corrected chi connectivity index (χ1v) is 5.66. The average Bonchev–Trinajstić information content (AvgIpc) is 2.78. The Morgan fingerprint density at radius 1 is 1.56 bits per heavy atom. The SMILES string of the molecule is CC1(C(=O)Nc2cc(C(=O)O)ccn2)CCCO1. The third-order valence-electron chi connectivity index (χ3n) is 2.95. The molecule has 0 radical (unpaired) electrons. The number of carboxylic acids is 1. The normalized spacial score (nSPS) is 22.7. The number of ether oxygens (including phenoxy) is 1. The number of nitrogens with zero attached hydrogens (tertiary/aromatic N) is 1. The Kier molecular flexibility index (Phi) is 3.29. The number of anilines is 1. The summed E-state index contributed by atoms with van der Waals surface area (Å²) in [6.07, 6.45) is 2.83. The highest BCUT2D eigenvalue weighted by atomic mass is 16.5. The zero-order chi connectivity index (χ0) is 13.2. The minimum Gasteiger partial charge on any atom is -0.478 e. The van der Waals surface area contributed by atoms with Gasteiger partial charge in [-0.05, 0) is 31.9 Å². The molecule has 1 fully saturated rings. The molecule has 1 saturated heterocycles. The lowest BCUT2D eigenvalue weighted by Gasteiger charge is -2.21. The van der Waals surface area contributed by atoms with Crippen LogP contribution in [0.25, 0.3) is 0 Å². The van der Waals surface area contributed by atoms with Crippen LogP contribution in [0.1, 0.15) is 30.1 Å². The number of carbonyl (C=O) groups is 2. The minimum absolute atomic E-state index is 0.0813. The first-order chi connectivity index (χ1) is 8.51. The Bertz CT molecular complexity index is 481. The molecule has 0 bridgehead atoms. The molecule has 0 saturated carbocycles. The number of carbonyl (C=O) groups excluding carboxylic acids is 1. The lowest BCUT2D eigenvalue weighted by atomic mass is 10.0. The van der Waals surface area contributed by atoms with Crippen LogP contribution >= 0.6 is 0 Å². The minimum atomic E-state index is -1.06. The maximum absolute atomic E-state index is 12.0. The number of amides is 1. The summed E-state index contributed by atoms with van der Waals surface area (Å²) < 4.78 is 5.40. The predicted molar refractivity (Wildman–Crippen MR) is 63.4 cm³/mol. The molecule has 1 atom stereocenters. The van der Waals surface area contributed by atoms with E-state index in [1.807, 2.05) is 0 Å². The summed E-state index contributed by atoms with van der Waals surface area (Å²) in [7, 11) is 0. The Morgan fingerprint density at radius 2 is 2.33 bits per heavy atom. The molecule has 2 N–H and O–H groups in total. The van der Waals surface area contributed by atoms with E-state index in [2.05, 4.69) is 10.3 Å². The van der Waals surface area contributed by atoms with E-state index in [1.165, 1.54) is 18.3 Å². The van der Waals surface area contributed by atoms with Gasteiger partial charge in [-0.25, -0.2) is 9.78 Å². The van der Waals surface area contributed by atoms with Gasteiger partial charge in [0, 0.05) is 12.8 Å². The number of rotatable bonds is 3. The summed E-state index contributed by atoms with van der Waals surface area (Å²) in [4.78, 5) is 26.7. The van der Waals surface area contributed by atoms with E-state index in [4.69, 9.17) is 9.84 Å². The van der Waals surface area contributed by atoms with Gasteiger partial charge in [0.15, 0.2) is 0 Å². The molecule has 1 amide bonds. The number of carboxylic acid groups (broad SMARTS) is 1. The van der Waals surface area contributed by atoms with Gasteiger partial charge in [0.1, 0.15) is 11.4 Å². The van der Waals surface area contributed by atoms with E-state index in [1.54, 1.807) is 6.92 Å². The second-order valence-corrected chi connectivity index (χ2v) is 4.37. The van der Waals surface area contributed by atoms with Crippen molar-refractivity contribution in [3.8, 4) is 0 Å². The fourth-order valence-corrected chi connectivity index (χ4v) is 1.84. The Morgan fingerprint density at radius 3 is 2.94 bits per heavy atom. The van der Waals surface area contributed by atoms with Gasteiger partial charge in [0.05, 0.1) is 5.56 Å². The number of hydrogen-bond donors (Lipinski definition) is 2. The zero-order valence-corrected chi connectivity index (χ0v) is 9.97. The van der Waals surface area contributed by atoms with Crippen LogP contribution < -0.4 is 5.32 Å². The third-order valence-corrected chi connectivity index (χ3v) is 2.95. The van der Waals surface area contributed by atoms with E-state index in [0.29, 0.717) is 13.0 Å². The van der Waals surface area contributed by atoms with Crippen LogP contribution in [0.3, 0.4) is 0 Å². The summed E-state index contributed by atoms with van der Waals surface area (Å²) in [5.41, 5.74) is -0.765. The van der Waals surface area contributed by atoms with Crippen LogP contribution in [0.4, 0.5) is 5.82 Å². The van der Waals surface area contributed by atoms with Crippen LogP contribution in [0, 0.1) is 0 Å². The van der Waals surface area contributed by atoms with Gasteiger partial charge in [-0.3, -0.25) is 4.79 Å². The van der Waals surface area contributed by atoms with Gasteiger partial charge >= 0.3 is 5.97 Å². The van der Waals surface area contributed by atoms with Gasteiger partial charge in [-0.1, -0.05) is 0 Å². The molecule has 1 aliphatic rings. The molecule has 1 unspecified atom stereocenters. The summed E-state index contributed by atoms with van der Waals surface area (Å²) in [6.45, 7) is 2.28. The number of hydrogen-bond acceptors (Lipinski definition) is 4. The quantitative estimate of drug-likeness (QED) is 0.843. The summed E-state index contributed by atoms with van der Waals surface area (Å²) in [5, 5.41) is 11.4. The smallest absolute Gasteiger partial charge is 0.335 e. The molecule has 0 aromatic carbocycles. The second-order valence-electron chi connectivity index (χ2n) is 4.37. The van der Waals surface area contributed by atoms with Crippen molar-refractivity contribution in [1.29, 1.82) is 0 Å². The van der Waals surface area contributed by atoms with E-state index in [-0.39, 0.29) is 17.3 Å². The third kappa shape index (κ3) is 2.48. The number of nitrogens with one attached hydrogen (secondary N) is 1. The Labute approximate surface area is 104 Å². The number of aromatic nitrogens is 1. The zero-order valence-electron chi connectivity index (χ0n) is 9.97. The highest BCUT2D eigenvalue weighted by molar-refractivity contribution is 5.97. The van der Waals surface area contributed by atoms with Crippen LogP contribution in [0.15, 0.2) is 18.3 Å². The molecular weight excluding hydrogens is 236 g/mol. The van der Waals surface area contributed by atoms with E-state index in [9.17, 15) is 9.59 Å². The number of aromatic carboxylic acids is 1. The molecule has 6 heteroatoms. The van der Waals surface area contributed by atoms with Crippen molar-refractivity contribution < 1.29 is 19.4 Å². The molecule has 1 aromatic heterocycles. The van der Waals surface area contributed by atoms with Crippen molar-refractivity contribution >= 4 is 17.7 Å². The van der Waals surface area contributed by atoms with Gasteiger partial charge in [-0.2, -0.15) is 0 Å². The van der Waals surface area contributed by atoms with E-state index in [0.717, 1.165) is 6.42 Å². The summed E-state index contributed by atoms with van der Waals surface area (Å²) in [5.74, 6) is -1.14. The molecule has 96 valence electrons. The fraction of sp³-hybridized carbons (Fsp3) is 0.417. The molecule has 0 spiro atoms. The monoisotopic (exact) mass is 250 g/mol. The summed E-state index contributed by atoms with van der Waals surface area (Å²) in [6, 6.07) is 2.68. The largest absolute Gasteiger partial charge is 0.478 e. The maximum atomic E-state index is 12.0. The standard InChI is InChI=1S/C12H14N2O4/c1-12(4-2-6-18-12)11(17)14-9-7-8(10(15)16)3-5-13-9/h3,5,7H,2,4,6H2,1H3,(H,15,16)(H,13,14,17). The first-order valence-electron chi connectivity index (χ1n) is 5.66. The van der Waals surface area contributed by atoms with Crippen molar-refractivity contribution in [2.24, 2.45) is 0 Å². The number of pyridine rings is 1. The van der Waals surface area contributed by atoms with Crippen LogP contribution in [0.2, 0.25) is 0 Å². The average molecular weight is 250 g/mol. The van der Waals surface area contributed by atoms with Crippen LogP contribution in [-0.2, 0) is 9.53 Å². The molecule has 1 aromatic rings. The van der Waals surface area contributed by atoms with Crippen LogP contribution in [-0.4, -0.2) is 34.2 Å². The molecule has 2 rings (SSSR count). The fourth-order valence-electron chi connectivity index (χ4n) is 1.84. The Hall–Kier alpha value is -1.95. The molecule has 6 nitrogen and oxygen atoms in total. The topological polar surface area (TPSA) is 88.5 Å². The van der Waals surface area contributed by atoms with E-state index < -0.39 is 11.6 Å². The second kappa shape index (κ2) is 4.73. The van der Waals surface area contributed by atoms with Gasteiger partial charge in [0.2, 0.25) is 0 Å². The maximum Gasteiger partial charge on any atom is 0.335 e. The Balaban J connectivity index is 2.11. The highest BCUT2D eigenvalue weighted by Crippen LogP contribution is 2.26. The lowest BCUT2D eigenvalue weighted by molar-refractivity contribution is -0.133. The van der Waals surface area contributed by atoms with Gasteiger partial charge < -0.3 is 15.2 Å². The molecule has 1 aliphatic heterocycles. The molecule has 2 heterocycles. The molecule has 0 aliphatic carbocycles. The lowest BCUT2D eigenvalue weighted by Crippen LogP contribution is -2.39.